The third-order valence-electron chi connectivity index (χ3n) is 8.57. The van der Waals surface area contributed by atoms with Gasteiger partial charge in [-0.05, 0) is 69.7 Å². The molecule has 11 nitrogen and oxygen atoms in total. The number of amides is 2. The van der Waals surface area contributed by atoms with Crippen molar-refractivity contribution in [3.63, 3.8) is 0 Å². The minimum Gasteiger partial charge on any atom is -0.496 e. The fourth-order valence-corrected chi connectivity index (χ4v) is 6.51. The minimum absolute atomic E-state index is 0.102. The van der Waals surface area contributed by atoms with Gasteiger partial charge in [0.1, 0.15) is 5.75 Å². The van der Waals surface area contributed by atoms with E-state index in [4.69, 9.17) is 14.2 Å². The summed E-state index contributed by atoms with van der Waals surface area (Å²) in [6, 6.07) is 5.03. The van der Waals surface area contributed by atoms with Crippen molar-refractivity contribution >= 4 is 33.3 Å². The van der Waals surface area contributed by atoms with Crippen LogP contribution in [-0.4, -0.2) is 69.3 Å². The maximum Gasteiger partial charge on any atom is 0.501 e. The first-order valence-electron chi connectivity index (χ1n) is 14.3. The molecular formula is C30H34F4N2O9S. The summed E-state index contributed by atoms with van der Waals surface area (Å²) in [5.74, 6) is -4.45. The maximum absolute atomic E-state index is 15.0. The number of hydrogen-bond acceptors (Lipinski definition) is 8. The number of ether oxygens (including phenoxy) is 3. The molecule has 2 aliphatic rings. The Morgan fingerprint density at radius 2 is 1.67 bits per heavy atom. The molecule has 3 N–H and O–H groups in total. The van der Waals surface area contributed by atoms with Gasteiger partial charge >= 0.3 is 11.5 Å². The molecule has 46 heavy (non-hydrogen) atoms. The van der Waals surface area contributed by atoms with Crippen LogP contribution in [0, 0.1) is 17.2 Å². The van der Waals surface area contributed by atoms with Gasteiger partial charge in [0, 0.05) is 24.9 Å². The Balaban J connectivity index is 1.51. The number of halogens is 4. The van der Waals surface area contributed by atoms with Crippen LogP contribution >= 0.6 is 0 Å². The van der Waals surface area contributed by atoms with Gasteiger partial charge < -0.3 is 30.0 Å². The molecule has 0 saturated heterocycles. The molecule has 2 saturated carbocycles. The Morgan fingerprint density at radius 3 is 2.26 bits per heavy atom. The molecule has 2 fully saturated rings. The summed E-state index contributed by atoms with van der Waals surface area (Å²) in [5.41, 5.74) is -6.74. The van der Waals surface area contributed by atoms with Gasteiger partial charge in [-0.25, -0.2) is 12.8 Å². The van der Waals surface area contributed by atoms with E-state index in [-0.39, 0.29) is 35.6 Å². The van der Waals surface area contributed by atoms with Crippen LogP contribution in [0.3, 0.4) is 0 Å². The van der Waals surface area contributed by atoms with Crippen LogP contribution < -0.4 is 20.1 Å². The topological polar surface area (TPSA) is 157 Å². The molecular weight excluding hydrogens is 640 g/mol. The minimum atomic E-state index is -5.66. The van der Waals surface area contributed by atoms with E-state index in [0.29, 0.717) is 31.7 Å². The number of benzene rings is 2. The zero-order valence-electron chi connectivity index (χ0n) is 25.1. The molecule has 3 atom stereocenters. The van der Waals surface area contributed by atoms with E-state index in [9.17, 15) is 45.5 Å². The SMILES string of the molecule is COc1cc(F)c(OC2CCC(C)(C(=O)O)CC2)cc1C(=O)N[C@@H]1C[C@@H](OC)C[C@@H]1C(=O)Nc1cccc(S(=O)(=O)C(F)(F)F)c1. The predicted molar refractivity (Wildman–Crippen MR) is 155 cm³/mol. The van der Waals surface area contributed by atoms with Crippen molar-refractivity contribution < 1.29 is 59.7 Å². The van der Waals surface area contributed by atoms with Gasteiger partial charge in [0.15, 0.2) is 11.6 Å². The highest BCUT2D eigenvalue weighted by atomic mass is 32.2. The molecule has 252 valence electrons. The third kappa shape index (κ3) is 7.38. The highest BCUT2D eigenvalue weighted by molar-refractivity contribution is 7.92. The number of rotatable bonds is 10. The smallest absolute Gasteiger partial charge is 0.496 e. The first-order chi connectivity index (χ1) is 21.5. The van der Waals surface area contributed by atoms with Gasteiger partial charge in [0.05, 0.1) is 41.1 Å². The second kappa shape index (κ2) is 13.4. The summed E-state index contributed by atoms with van der Waals surface area (Å²) in [6.07, 6.45) is 0.713. The number of carboxylic acids is 1. The highest BCUT2D eigenvalue weighted by Crippen LogP contribution is 2.39. The molecule has 0 aliphatic heterocycles. The average Bonchev–Trinajstić information content (AvgIpc) is 3.41. The molecule has 0 spiro atoms. The zero-order valence-corrected chi connectivity index (χ0v) is 26.0. The van der Waals surface area contributed by atoms with Crippen LogP contribution in [0.1, 0.15) is 55.8 Å². The monoisotopic (exact) mass is 674 g/mol. The van der Waals surface area contributed by atoms with Crippen LogP contribution in [0.25, 0.3) is 0 Å². The molecule has 0 bridgehead atoms. The Bertz CT molecular complexity index is 1590. The second-order valence-corrected chi connectivity index (χ2v) is 13.6. The number of alkyl halides is 3. The van der Waals surface area contributed by atoms with Gasteiger partial charge in [-0.1, -0.05) is 6.07 Å². The summed E-state index contributed by atoms with van der Waals surface area (Å²) in [5, 5.41) is 14.6. The van der Waals surface area contributed by atoms with E-state index in [1.165, 1.54) is 26.4 Å². The lowest BCUT2D eigenvalue weighted by Gasteiger charge is -2.34. The average molecular weight is 675 g/mol. The summed E-state index contributed by atoms with van der Waals surface area (Å²) in [4.78, 5) is 37.3. The van der Waals surface area contributed by atoms with E-state index >= 15 is 0 Å². The molecule has 16 heteroatoms. The number of carbonyl (C=O) groups excluding carboxylic acids is 2. The van der Waals surface area contributed by atoms with Crippen molar-refractivity contribution in [2.75, 3.05) is 19.5 Å². The Hall–Kier alpha value is -3.92. The van der Waals surface area contributed by atoms with Crippen molar-refractivity contribution in [2.24, 2.45) is 11.3 Å². The molecule has 2 amide bonds. The molecule has 0 aromatic heterocycles. The first kappa shape index (κ1) is 34.9. The predicted octanol–water partition coefficient (Wildman–Crippen LogP) is 4.70. The van der Waals surface area contributed by atoms with Crippen molar-refractivity contribution in [2.45, 2.75) is 74.1 Å². The zero-order chi connectivity index (χ0) is 34.0. The Labute approximate surface area is 262 Å². The lowest BCUT2D eigenvalue weighted by atomic mass is 9.75. The fourth-order valence-electron chi connectivity index (χ4n) is 5.70. The van der Waals surface area contributed by atoms with Crippen molar-refractivity contribution in [1.29, 1.82) is 0 Å². The van der Waals surface area contributed by atoms with Crippen LogP contribution in [0.4, 0.5) is 23.2 Å². The fraction of sp³-hybridized carbons (Fsp3) is 0.500. The molecule has 0 radical (unpaired) electrons. The van der Waals surface area contributed by atoms with Crippen LogP contribution in [0.5, 0.6) is 11.5 Å². The van der Waals surface area contributed by atoms with Crippen molar-refractivity contribution in [1.82, 2.24) is 5.32 Å². The molecule has 4 rings (SSSR count). The molecule has 0 heterocycles. The molecule has 2 aromatic carbocycles. The van der Waals surface area contributed by atoms with Crippen LogP contribution in [-0.2, 0) is 24.2 Å². The van der Waals surface area contributed by atoms with Crippen LogP contribution in [0.15, 0.2) is 41.3 Å². The van der Waals surface area contributed by atoms with Gasteiger partial charge in [0.25, 0.3) is 15.7 Å². The number of carbonyl (C=O) groups is 3. The summed E-state index contributed by atoms with van der Waals surface area (Å²) in [6.45, 7) is 1.64. The largest absolute Gasteiger partial charge is 0.501 e. The van der Waals surface area contributed by atoms with Gasteiger partial charge in [-0.2, -0.15) is 13.2 Å². The van der Waals surface area contributed by atoms with E-state index in [2.05, 4.69) is 10.6 Å². The van der Waals surface area contributed by atoms with E-state index in [1.807, 2.05) is 0 Å². The molecule has 2 aliphatic carbocycles. The number of carboxylic acid groups (broad SMARTS) is 1. The van der Waals surface area contributed by atoms with Crippen LogP contribution in [0.2, 0.25) is 0 Å². The number of sulfone groups is 1. The number of anilines is 1. The summed E-state index contributed by atoms with van der Waals surface area (Å²) >= 11 is 0. The number of methoxy groups -OCH3 is 2. The van der Waals surface area contributed by atoms with Gasteiger partial charge in [0.2, 0.25) is 5.91 Å². The lowest BCUT2D eigenvalue weighted by molar-refractivity contribution is -0.150. The quantitative estimate of drug-likeness (QED) is 0.304. The van der Waals surface area contributed by atoms with Crippen molar-refractivity contribution in [3.05, 3.63) is 47.8 Å². The third-order valence-corrected chi connectivity index (χ3v) is 10.1. The lowest BCUT2D eigenvalue weighted by Crippen LogP contribution is -2.42. The van der Waals surface area contributed by atoms with E-state index in [1.54, 1.807) is 6.92 Å². The first-order valence-corrected chi connectivity index (χ1v) is 15.8. The molecule has 0 unspecified atom stereocenters. The maximum atomic E-state index is 15.0. The summed E-state index contributed by atoms with van der Waals surface area (Å²) < 4.78 is 94.2. The number of nitrogens with one attached hydrogen (secondary N) is 2. The number of aliphatic carboxylic acids is 1. The molecule has 2 aromatic rings. The standard InChI is InChI=1S/C30H34F4N2O9S/c1-29(28(39)40)9-7-17(8-10-29)45-25-14-21(24(44-3)15-22(25)31)27(38)36-23-13-18(43-2)12-20(23)26(37)35-16-5-4-6-19(11-16)46(41,42)30(32,33)34/h4-6,11,14-15,17-18,20,23H,7-10,12-13H2,1-3H3,(H,35,37)(H,36,38)(H,39,40)/t17?,18-,20-,23+,29?/m0/s1. The number of hydrogen-bond donors (Lipinski definition) is 3. The Kier molecular flexibility index (Phi) is 10.2. The normalized spacial score (nSPS) is 25.0. The van der Waals surface area contributed by atoms with E-state index in [0.717, 1.165) is 18.2 Å². The van der Waals surface area contributed by atoms with Gasteiger partial charge in [-0.3, -0.25) is 14.4 Å². The Morgan fingerprint density at radius 1 is 1.00 bits per heavy atom. The highest BCUT2D eigenvalue weighted by Gasteiger charge is 2.47. The van der Waals surface area contributed by atoms with E-state index < -0.39 is 73.4 Å². The second-order valence-electron chi connectivity index (χ2n) is 11.6. The summed E-state index contributed by atoms with van der Waals surface area (Å²) in [7, 11) is -3.01. The van der Waals surface area contributed by atoms with Gasteiger partial charge in [-0.15, -0.1) is 0 Å². The van der Waals surface area contributed by atoms with Crippen molar-refractivity contribution in [3.8, 4) is 11.5 Å².